The number of hydrogen-bond donors (Lipinski definition) is 0. The van der Waals surface area contributed by atoms with E-state index in [1.54, 1.807) is 18.2 Å². The fraction of sp³-hybridized carbons (Fsp3) is 0.200. The Balaban J connectivity index is 1.55. The van der Waals surface area contributed by atoms with Crippen molar-refractivity contribution >= 4 is 46.8 Å². The highest BCUT2D eigenvalue weighted by molar-refractivity contribution is 6.43. The molecule has 150 valence electrons. The number of fused-ring (bicyclic) bond motifs is 1. The third-order valence-corrected chi connectivity index (χ3v) is 5.03. The van der Waals surface area contributed by atoms with Crippen LogP contribution in [-0.2, 0) is 9.53 Å². The lowest BCUT2D eigenvalue weighted by Gasteiger charge is -2.13. The molecule has 0 bridgehead atoms. The summed E-state index contributed by atoms with van der Waals surface area (Å²) in [7, 11) is 1.48. The van der Waals surface area contributed by atoms with Crippen LogP contribution < -0.4 is 4.74 Å². The molecule has 29 heavy (non-hydrogen) atoms. The third kappa shape index (κ3) is 4.41. The van der Waals surface area contributed by atoms with Crippen molar-refractivity contribution in [2.45, 2.75) is 6.42 Å². The normalized spacial score (nSPS) is 12.7. The zero-order valence-corrected chi connectivity index (χ0v) is 16.7. The SMILES string of the molecule is COc1cccc(C(=O)COC(=O)CCN2C(=O)c3cc(Cl)c(Cl)cc3C2=O)c1. The molecule has 2 aromatic rings. The number of methoxy groups -OCH3 is 1. The Kier molecular flexibility index (Phi) is 6.20. The number of esters is 1. The van der Waals surface area contributed by atoms with E-state index in [0.717, 1.165) is 4.90 Å². The number of imide groups is 1. The van der Waals surface area contributed by atoms with Crippen molar-refractivity contribution in [2.24, 2.45) is 0 Å². The van der Waals surface area contributed by atoms with Gasteiger partial charge in [0.1, 0.15) is 5.75 Å². The van der Waals surface area contributed by atoms with Crippen molar-refractivity contribution < 1.29 is 28.7 Å². The van der Waals surface area contributed by atoms with Crippen molar-refractivity contribution in [3.8, 4) is 5.75 Å². The summed E-state index contributed by atoms with van der Waals surface area (Å²) in [4.78, 5) is 49.8. The van der Waals surface area contributed by atoms with E-state index in [2.05, 4.69) is 0 Å². The van der Waals surface area contributed by atoms with Crippen LogP contribution in [0.5, 0.6) is 5.75 Å². The molecule has 0 unspecified atom stereocenters. The standard InChI is InChI=1S/C20H15Cl2NO6/c1-28-12-4-2-3-11(7-12)17(24)10-29-18(25)5-6-23-19(26)13-8-15(21)16(22)9-14(13)20(23)27/h2-4,7-9H,5-6,10H2,1H3. The van der Waals surface area contributed by atoms with Gasteiger partial charge in [0.2, 0.25) is 0 Å². The molecule has 0 fully saturated rings. The lowest BCUT2D eigenvalue weighted by molar-refractivity contribution is -0.142. The van der Waals surface area contributed by atoms with Gasteiger partial charge < -0.3 is 9.47 Å². The lowest BCUT2D eigenvalue weighted by atomic mass is 10.1. The Hall–Kier alpha value is -2.90. The molecule has 7 nitrogen and oxygen atoms in total. The van der Waals surface area contributed by atoms with Crippen LogP contribution in [0.1, 0.15) is 37.5 Å². The monoisotopic (exact) mass is 435 g/mol. The van der Waals surface area contributed by atoms with E-state index in [0.29, 0.717) is 11.3 Å². The number of amides is 2. The topological polar surface area (TPSA) is 90.0 Å². The summed E-state index contributed by atoms with van der Waals surface area (Å²) in [5.74, 6) is -1.74. The van der Waals surface area contributed by atoms with Gasteiger partial charge >= 0.3 is 5.97 Å². The molecule has 0 atom stereocenters. The summed E-state index contributed by atoms with van der Waals surface area (Å²) in [6.07, 6.45) is -0.252. The van der Waals surface area contributed by atoms with Crippen LogP contribution in [0.25, 0.3) is 0 Å². The molecule has 0 saturated heterocycles. The first-order valence-corrected chi connectivity index (χ1v) is 9.25. The molecule has 0 saturated carbocycles. The van der Waals surface area contributed by atoms with Crippen molar-refractivity contribution in [2.75, 3.05) is 20.3 Å². The smallest absolute Gasteiger partial charge is 0.308 e. The second-order valence-electron chi connectivity index (χ2n) is 6.14. The molecule has 0 radical (unpaired) electrons. The lowest BCUT2D eigenvalue weighted by Crippen LogP contribution is -2.32. The van der Waals surface area contributed by atoms with Gasteiger partial charge in [0, 0.05) is 12.1 Å². The number of ketones is 1. The second kappa shape index (κ2) is 8.63. The Morgan fingerprint density at radius 1 is 1.00 bits per heavy atom. The number of ether oxygens (including phenoxy) is 2. The minimum absolute atomic E-state index is 0.131. The van der Waals surface area contributed by atoms with Gasteiger partial charge in [0.05, 0.1) is 34.7 Å². The van der Waals surface area contributed by atoms with Gasteiger partial charge in [0.25, 0.3) is 11.8 Å². The Bertz CT molecular complexity index is 979. The van der Waals surface area contributed by atoms with Gasteiger partial charge in [-0.15, -0.1) is 0 Å². The number of Topliss-reactive ketones (excluding diaryl/α,β-unsaturated/α-hetero) is 1. The molecule has 1 heterocycles. The number of carbonyl (C=O) groups is 4. The Morgan fingerprint density at radius 2 is 1.62 bits per heavy atom. The van der Waals surface area contributed by atoms with Gasteiger partial charge in [-0.1, -0.05) is 35.3 Å². The molecule has 0 aliphatic carbocycles. The summed E-state index contributed by atoms with van der Waals surface area (Å²) in [5.41, 5.74) is 0.600. The number of halogens is 2. The van der Waals surface area contributed by atoms with E-state index in [4.69, 9.17) is 32.7 Å². The highest BCUT2D eigenvalue weighted by Gasteiger charge is 2.36. The molecular weight excluding hydrogens is 421 g/mol. The van der Waals surface area contributed by atoms with Gasteiger partial charge in [-0.3, -0.25) is 24.1 Å². The first-order valence-electron chi connectivity index (χ1n) is 8.50. The van der Waals surface area contributed by atoms with E-state index in [1.807, 2.05) is 0 Å². The molecule has 0 N–H and O–H groups in total. The van der Waals surface area contributed by atoms with E-state index in [-0.39, 0.29) is 34.1 Å². The van der Waals surface area contributed by atoms with E-state index in [9.17, 15) is 19.2 Å². The predicted molar refractivity (Wildman–Crippen MR) is 105 cm³/mol. The van der Waals surface area contributed by atoms with Crippen LogP contribution in [-0.4, -0.2) is 48.7 Å². The quantitative estimate of drug-likeness (QED) is 0.376. The molecule has 1 aliphatic rings. The maximum atomic E-state index is 12.4. The van der Waals surface area contributed by atoms with Crippen molar-refractivity contribution in [3.05, 3.63) is 63.1 Å². The highest BCUT2D eigenvalue weighted by Crippen LogP contribution is 2.31. The van der Waals surface area contributed by atoms with E-state index >= 15 is 0 Å². The average molecular weight is 436 g/mol. The Morgan fingerprint density at radius 3 is 2.21 bits per heavy atom. The number of nitrogens with zero attached hydrogens (tertiary/aromatic N) is 1. The Labute approximate surface area is 176 Å². The fourth-order valence-corrected chi connectivity index (χ4v) is 3.12. The summed E-state index contributed by atoms with van der Waals surface area (Å²) < 4.78 is 10.00. The second-order valence-corrected chi connectivity index (χ2v) is 6.95. The van der Waals surface area contributed by atoms with E-state index < -0.39 is 30.2 Å². The summed E-state index contributed by atoms with van der Waals surface area (Å²) >= 11 is 11.8. The van der Waals surface area contributed by atoms with Crippen LogP contribution in [0.2, 0.25) is 10.0 Å². The fourth-order valence-electron chi connectivity index (χ4n) is 2.79. The molecule has 2 amide bonds. The molecular formula is C20H15Cl2NO6. The molecule has 0 aromatic heterocycles. The van der Waals surface area contributed by atoms with Gasteiger partial charge in [-0.25, -0.2) is 0 Å². The molecule has 0 spiro atoms. The predicted octanol–water partition coefficient (Wildman–Crippen LogP) is 3.41. The first kappa shape index (κ1) is 20.8. The first-order chi connectivity index (χ1) is 13.8. The molecule has 1 aliphatic heterocycles. The van der Waals surface area contributed by atoms with Crippen LogP contribution in [0.4, 0.5) is 0 Å². The van der Waals surface area contributed by atoms with Crippen LogP contribution in [0.3, 0.4) is 0 Å². The average Bonchev–Trinajstić information content (AvgIpc) is 2.94. The zero-order valence-electron chi connectivity index (χ0n) is 15.2. The molecule has 2 aromatic carbocycles. The number of benzene rings is 2. The van der Waals surface area contributed by atoms with Crippen molar-refractivity contribution in [1.29, 1.82) is 0 Å². The van der Waals surface area contributed by atoms with Crippen LogP contribution >= 0.6 is 23.2 Å². The van der Waals surface area contributed by atoms with Crippen molar-refractivity contribution in [1.82, 2.24) is 4.90 Å². The third-order valence-electron chi connectivity index (χ3n) is 4.31. The molecule has 9 heteroatoms. The number of carbonyl (C=O) groups excluding carboxylic acids is 4. The summed E-state index contributed by atoms with van der Waals surface area (Å²) in [5, 5.41) is 0.313. The maximum Gasteiger partial charge on any atom is 0.308 e. The zero-order chi connectivity index (χ0) is 21.1. The minimum Gasteiger partial charge on any atom is -0.497 e. The highest BCUT2D eigenvalue weighted by atomic mass is 35.5. The van der Waals surface area contributed by atoms with Gasteiger partial charge in [-0.05, 0) is 24.3 Å². The minimum atomic E-state index is -0.714. The van der Waals surface area contributed by atoms with Crippen LogP contribution in [0.15, 0.2) is 36.4 Å². The van der Waals surface area contributed by atoms with Crippen molar-refractivity contribution in [3.63, 3.8) is 0 Å². The van der Waals surface area contributed by atoms with Gasteiger partial charge in [-0.2, -0.15) is 0 Å². The summed E-state index contributed by atoms with van der Waals surface area (Å²) in [6, 6.07) is 9.09. The van der Waals surface area contributed by atoms with Crippen LogP contribution in [0, 0.1) is 0 Å². The number of rotatable bonds is 7. The largest absolute Gasteiger partial charge is 0.497 e. The number of hydrogen-bond acceptors (Lipinski definition) is 6. The van der Waals surface area contributed by atoms with Gasteiger partial charge in [0.15, 0.2) is 12.4 Å². The van der Waals surface area contributed by atoms with E-state index in [1.165, 1.54) is 25.3 Å². The molecule has 3 rings (SSSR count). The maximum absolute atomic E-state index is 12.4. The summed E-state index contributed by atoms with van der Waals surface area (Å²) in [6.45, 7) is -0.646.